The van der Waals surface area contributed by atoms with Crippen LogP contribution in [0, 0.1) is 0 Å². The third-order valence-electron chi connectivity index (χ3n) is 2.43. The number of rotatable bonds is 10. The normalized spacial score (nSPS) is 13.4. The maximum atomic E-state index is 5.78. The van der Waals surface area contributed by atoms with E-state index < -0.39 is 0 Å². The van der Waals surface area contributed by atoms with Crippen LogP contribution in [-0.4, -0.2) is 25.4 Å². The molecular formula is C13H28O2. The van der Waals surface area contributed by atoms with Gasteiger partial charge in [-0.25, -0.2) is 0 Å². The predicted octanol–water partition coefficient (Wildman–Crippen LogP) is 3.79. The molecule has 0 aliphatic heterocycles. The van der Waals surface area contributed by atoms with Gasteiger partial charge in [0.25, 0.3) is 0 Å². The Kier molecular flexibility index (Phi) is 10.4. The van der Waals surface area contributed by atoms with Gasteiger partial charge >= 0.3 is 0 Å². The number of hydrogen-bond donors (Lipinski definition) is 0. The van der Waals surface area contributed by atoms with Gasteiger partial charge in [0, 0.05) is 13.2 Å². The van der Waals surface area contributed by atoms with Crippen molar-refractivity contribution >= 4 is 0 Å². The maximum absolute atomic E-state index is 5.78. The Labute approximate surface area is 95.3 Å². The molecule has 0 aliphatic rings. The van der Waals surface area contributed by atoms with Gasteiger partial charge in [0.1, 0.15) is 0 Å². The highest BCUT2D eigenvalue weighted by atomic mass is 16.5. The van der Waals surface area contributed by atoms with Crippen LogP contribution in [0.4, 0.5) is 0 Å². The van der Waals surface area contributed by atoms with Crippen molar-refractivity contribution in [3.63, 3.8) is 0 Å². The van der Waals surface area contributed by atoms with Crippen molar-refractivity contribution in [3.8, 4) is 0 Å². The SMILES string of the molecule is CCCCOC(CC)CCCOC(C)C. The van der Waals surface area contributed by atoms with Crippen molar-refractivity contribution in [2.75, 3.05) is 13.2 Å². The molecule has 0 radical (unpaired) electrons. The Morgan fingerprint density at radius 2 is 1.60 bits per heavy atom. The lowest BCUT2D eigenvalue weighted by Gasteiger charge is -2.16. The summed E-state index contributed by atoms with van der Waals surface area (Å²) in [5.74, 6) is 0. The second-order valence-electron chi connectivity index (χ2n) is 4.32. The summed E-state index contributed by atoms with van der Waals surface area (Å²) in [6.45, 7) is 10.3. The molecule has 0 aromatic heterocycles. The molecule has 0 rings (SSSR count). The first-order valence-corrected chi connectivity index (χ1v) is 6.43. The summed E-state index contributed by atoms with van der Waals surface area (Å²) in [4.78, 5) is 0. The number of ether oxygens (including phenoxy) is 2. The molecule has 0 fully saturated rings. The van der Waals surface area contributed by atoms with Crippen LogP contribution in [0.25, 0.3) is 0 Å². The predicted molar refractivity (Wildman–Crippen MR) is 65.3 cm³/mol. The summed E-state index contributed by atoms with van der Waals surface area (Å²) in [6, 6.07) is 0. The van der Waals surface area contributed by atoms with Crippen molar-refractivity contribution in [1.29, 1.82) is 0 Å². The second-order valence-corrected chi connectivity index (χ2v) is 4.32. The average molecular weight is 216 g/mol. The van der Waals surface area contributed by atoms with Gasteiger partial charge in [0.05, 0.1) is 12.2 Å². The topological polar surface area (TPSA) is 18.5 Å². The fourth-order valence-electron chi connectivity index (χ4n) is 1.43. The molecule has 0 aromatic rings. The zero-order valence-electron chi connectivity index (χ0n) is 10.9. The van der Waals surface area contributed by atoms with Crippen molar-refractivity contribution in [1.82, 2.24) is 0 Å². The van der Waals surface area contributed by atoms with E-state index >= 15 is 0 Å². The quantitative estimate of drug-likeness (QED) is 0.517. The van der Waals surface area contributed by atoms with Gasteiger partial charge in [-0.15, -0.1) is 0 Å². The van der Waals surface area contributed by atoms with Gasteiger partial charge < -0.3 is 9.47 Å². The smallest absolute Gasteiger partial charge is 0.0573 e. The van der Waals surface area contributed by atoms with Gasteiger partial charge in [-0.2, -0.15) is 0 Å². The van der Waals surface area contributed by atoms with Gasteiger partial charge in [0.15, 0.2) is 0 Å². The van der Waals surface area contributed by atoms with Crippen LogP contribution in [0.2, 0.25) is 0 Å². The molecule has 0 saturated carbocycles. The van der Waals surface area contributed by atoms with Crippen molar-refractivity contribution in [2.45, 2.75) is 72.0 Å². The van der Waals surface area contributed by atoms with Crippen molar-refractivity contribution < 1.29 is 9.47 Å². The van der Waals surface area contributed by atoms with Crippen molar-refractivity contribution in [3.05, 3.63) is 0 Å². The van der Waals surface area contributed by atoms with Gasteiger partial charge in [-0.1, -0.05) is 20.3 Å². The number of unbranched alkanes of at least 4 members (excludes halogenated alkanes) is 1. The number of hydrogen-bond acceptors (Lipinski definition) is 2. The molecule has 0 bridgehead atoms. The second kappa shape index (κ2) is 10.4. The van der Waals surface area contributed by atoms with Crippen LogP contribution in [0.1, 0.15) is 59.8 Å². The minimum Gasteiger partial charge on any atom is -0.379 e. The molecule has 0 N–H and O–H groups in total. The summed E-state index contributed by atoms with van der Waals surface area (Å²) in [6.07, 6.45) is 6.55. The van der Waals surface area contributed by atoms with Crippen molar-refractivity contribution in [2.24, 2.45) is 0 Å². The largest absolute Gasteiger partial charge is 0.379 e. The van der Waals surface area contributed by atoms with E-state index in [1.165, 1.54) is 12.8 Å². The summed E-state index contributed by atoms with van der Waals surface area (Å²) < 4.78 is 11.3. The van der Waals surface area contributed by atoms with E-state index in [-0.39, 0.29) is 0 Å². The van der Waals surface area contributed by atoms with Crippen LogP contribution in [0.5, 0.6) is 0 Å². The Bertz CT molecular complexity index is 124. The fourth-order valence-corrected chi connectivity index (χ4v) is 1.43. The van der Waals surface area contributed by atoms with E-state index in [9.17, 15) is 0 Å². The molecule has 0 aliphatic carbocycles. The Morgan fingerprint density at radius 1 is 0.933 bits per heavy atom. The molecule has 0 spiro atoms. The lowest BCUT2D eigenvalue weighted by Crippen LogP contribution is -2.14. The molecule has 2 heteroatoms. The molecule has 15 heavy (non-hydrogen) atoms. The standard InChI is InChI=1S/C13H28O2/c1-5-7-10-15-13(6-2)9-8-11-14-12(3)4/h12-13H,5-11H2,1-4H3. The summed E-state index contributed by atoms with van der Waals surface area (Å²) in [5, 5.41) is 0. The molecule has 1 unspecified atom stereocenters. The maximum Gasteiger partial charge on any atom is 0.0573 e. The molecule has 1 atom stereocenters. The van der Waals surface area contributed by atoms with Gasteiger partial charge in [-0.05, 0) is 39.5 Å². The van der Waals surface area contributed by atoms with Gasteiger partial charge in [-0.3, -0.25) is 0 Å². The van der Waals surface area contributed by atoms with Crippen LogP contribution >= 0.6 is 0 Å². The highest BCUT2D eigenvalue weighted by molar-refractivity contribution is 4.56. The Hall–Kier alpha value is -0.0800. The Morgan fingerprint density at radius 3 is 2.13 bits per heavy atom. The van der Waals surface area contributed by atoms with Crippen LogP contribution in [0.15, 0.2) is 0 Å². The summed E-state index contributed by atoms with van der Waals surface area (Å²) in [5.41, 5.74) is 0. The first-order valence-electron chi connectivity index (χ1n) is 6.43. The Balaban J connectivity index is 3.35. The molecule has 92 valence electrons. The van der Waals surface area contributed by atoms with E-state index in [0.29, 0.717) is 12.2 Å². The molecule has 0 saturated heterocycles. The first-order chi connectivity index (χ1) is 7.20. The average Bonchev–Trinajstić information content (AvgIpc) is 2.21. The van der Waals surface area contributed by atoms with Gasteiger partial charge in [0.2, 0.25) is 0 Å². The van der Waals surface area contributed by atoms with Crippen LogP contribution < -0.4 is 0 Å². The lowest BCUT2D eigenvalue weighted by molar-refractivity contribution is 0.0263. The highest BCUT2D eigenvalue weighted by Crippen LogP contribution is 2.08. The van der Waals surface area contributed by atoms with E-state index in [1.807, 2.05) is 0 Å². The highest BCUT2D eigenvalue weighted by Gasteiger charge is 2.05. The molecular weight excluding hydrogens is 188 g/mol. The monoisotopic (exact) mass is 216 g/mol. The third-order valence-corrected chi connectivity index (χ3v) is 2.43. The molecule has 0 amide bonds. The summed E-state index contributed by atoms with van der Waals surface area (Å²) >= 11 is 0. The van der Waals surface area contributed by atoms with E-state index in [1.54, 1.807) is 0 Å². The van der Waals surface area contributed by atoms with E-state index in [2.05, 4.69) is 27.7 Å². The molecule has 0 heterocycles. The first kappa shape index (κ1) is 14.9. The molecule has 0 aromatic carbocycles. The fraction of sp³-hybridized carbons (Fsp3) is 1.00. The summed E-state index contributed by atoms with van der Waals surface area (Å²) in [7, 11) is 0. The lowest BCUT2D eigenvalue weighted by atomic mass is 10.1. The van der Waals surface area contributed by atoms with E-state index in [0.717, 1.165) is 32.5 Å². The minimum atomic E-state index is 0.353. The minimum absolute atomic E-state index is 0.353. The zero-order chi connectivity index (χ0) is 11.5. The van der Waals surface area contributed by atoms with E-state index in [4.69, 9.17) is 9.47 Å². The van der Waals surface area contributed by atoms with Crippen LogP contribution in [0.3, 0.4) is 0 Å². The van der Waals surface area contributed by atoms with Crippen LogP contribution in [-0.2, 0) is 9.47 Å². The third kappa shape index (κ3) is 10.2. The zero-order valence-corrected chi connectivity index (χ0v) is 10.9. The molecule has 2 nitrogen and oxygen atoms in total.